The number of primary sulfonamides is 1. The third-order valence-corrected chi connectivity index (χ3v) is 7.19. The van der Waals surface area contributed by atoms with E-state index in [1.54, 1.807) is 26.8 Å². The number of benzene rings is 1. The largest absolute Gasteiger partial charge is 0.465 e. The Labute approximate surface area is 190 Å². The van der Waals surface area contributed by atoms with Crippen molar-refractivity contribution in [3.63, 3.8) is 0 Å². The Morgan fingerprint density at radius 1 is 1.31 bits per heavy atom. The monoisotopic (exact) mass is 478 g/mol. The van der Waals surface area contributed by atoms with Gasteiger partial charge >= 0.3 is 5.97 Å². The van der Waals surface area contributed by atoms with Gasteiger partial charge in [0.15, 0.2) is 10.9 Å². The van der Waals surface area contributed by atoms with E-state index in [4.69, 9.17) is 9.88 Å². The number of carbonyl (C=O) groups is 2. The van der Waals surface area contributed by atoms with Crippen LogP contribution in [-0.2, 0) is 21.3 Å². The summed E-state index contributed by atoms with van der Waals surface area (Å²) in [6.07, 6.45) is 0.829. The summed E-state index contributed by atoms with van der Waals surface area (Å²) in [6.45, 7) is 7.87. The van der Waals surface area contributed by atoms with Gasteiger partial charge < -0.3 is 14.3 Å². The Bertz CT molecular complexity index is 1310. The predicted octanol–water partition coefficient (Wildman–Crippen LogP) is 3.19. The highest BCUT2D eigenvalue weighted by atomic mass is 32.2. The number of H-pyrrole nitrogens is 1. The molecule has 0 saturated carbocycles. The van der Waals surface area contributed by atoms with Crippen molar-refractivity contribution in [3.8, 4) is 0 Å². The molecule has 3 N–H and O–H groups in total. The highest BCUT2D eigenvalue weighted by Crippen LogP contribution is 2.31. The number of thioether (sulfide) groups is 1. The molecular weight excluding hydrogens is 452 g/mol. The molecule has 9 nitrogen and oxygen atoms in total. The Hall–Kier alpha value is -2.63. The lowest BCUT2D eigenvalue weighted by atomic mass is 10.1. The van der Waals surface area contributed by atoms with Gasteiger partial charge in [-0.2, -0.15) is 0 Å². The first-order valence-corrected chi connectivity index (χ1v) is 12.4. The zero-order valence-corrected chi connectivity index (χ0v) is 20.2. The number of nitrogens with two attached hydrogens (primary N) is 1. The molecule has 2 heterocycles. The number of imidazole rings is 1. The maximum Gasteiger partial charge on any atom is 0.339 e. The fourth-order valence-corrected chi connectivity index (χ4v) is 5.16. The van der Waals surface area contributed by atoms with Gasteiger partial charge in [-0.05, 0) is 51.0 Å². The maximum absolute atomic E-state index is 13.2. The molecular formula is C21H26N4O5S2. The summed E-state index contributed by atoms with van der Waals surface area (Å²) in [6, 6.07) is 4.57. The highest BCUT2D eigenvalue weighted by Gasteiger charge is 2.27. The maximum atomic E-state index is 13.2. The number of ether oxygens (including phenoxy) is 1. The van der Waals surface area contributed by atoms with E-state index in [0.29, 0.717) is 39.7 Å². The van der Waals surface area contributed by atoms with Gasteiger partial charge in [-0.15, -0.1) is 0 Å². The third-order valence-electron chi connectivity index (χ3n) is 5.19. The molecule has 0 spiro atoms. The Morgan fingerprint density at radius 2 is 2.00 bits per heavy atom. The molecule has 2 aromatic heterocycles. The van der Waals surface area contributed by atoms with Crippen LogP contribution in [0.1, 0.15) is 52.4 Å². The number of aromatic amines is 1. The van der Waals surface area contributed by atoms with Gasteiger partial charge in [-0.1, -0.05) is 18.7 Å². The number of sulfonamides is 1. The van der Waals surface area contributed by atoms with E-state index in [2.05, 4.69) is 9.97 Å². The van der Waals surface area contributed by atoms with E-state index in [1.807, 2.05) is 11.5 Å². The van der Waals surface area contributed by atoms with Crippen LogP contribution < -0.4 is 5.14 Å². The van der Waals surface area contributed by atoms with E-state index in [1.165, 1.54) is 31.0 Å². The fourth-order valence-electron chi connectivity index (χ4n) is 3.61. The standard InChI is InChI=1S/C21H26N4O5S2/c1-6-9-25-16-8-7-14(32(22,28)29)10-15(16)24-21(25)31-13(4)19(26)18-11(2)17(12(3)23-18)20(27)30-5/h7-8,10,13,23H,6,9H2,1-5H3,(H2,22,28,29). The highest BCUT2D eigenvalue weighted by molar-refractivity contribution is 8.00. The topological polar surface area (TPSA) is 137 Å². The van der Waals surface area contributed by atoms with Crippen molar-refractivity contribution in [3.05, 3.63) is 40.7 Å². The molecule has 11 heteroatoms. The number of hydrogen-bond donors (Lipinski definition) is 2. The van der Waals surface area contributed by atoms with Crippen molar-refractivity contribution in [2.24, 2.45) is 5.14 Å². The number of fused-ring (bicyclic) bond motifs is 1. The molecule has 3 rings (SSSR count). The molecule has 0 aliphatic heterocycles. The molecule has 32 heavy (non-hydrogen) atoms. The van der Waals surface area contributed by atoms with Gasteiger partial charge in [0.1, 0.15) is 0 Å². The molecule has 172 valence electrons. The van der Waals surface area contributed by atoms with Crippen LogP contribution >= 0.6 is 11.8 Å². The SMILES string of the molecule is CCCn1c(SC(C)C(=O)c2[nH]c(C)c(C(=O)OC)c2C)nc2cc(S(N)(=O)=O)ccc21. The summed E-state index contributed by atoms with van der Waals surface area (Å²) in [4.78, 5) is 32.8. The number of hydrogen-bond acceptors (Lipinski definition) is 7. The van der Waals surface area contributed by atoms with Crippen LogP contribution in [0, 0.1) is 13.8 Å². The number of methoxy groups -OCH3 is 1. The van der Waals surface area contributed by atoms with E-state index >= 15 is 0 Å². The van der Waals surface area contributed by atoms with E-state index in [-0.39, 0.29) is 10.7 Å². The van der Waals surface area contributed by atoms with Crippen molar-refractivity contribution in [1.29, 1.82) is 0 Å². The molecule has 0 radical (unpaired) electrons. The van der Waals surface area contributed by atoms with Crippen molar-refractivity contribution >= 4 is 44.6 Å². The van der Waals surface area contributed by atoms with Crippen LogP contribution in [0.3, 0.4) is 0 Å². The lowest BCUT2D eigenvalue weighted by molar-refractivity contribution is 0.0599. The molecule has 0 amide bonds. The average Bonchev–Trinajstić information content (AvgIpc) is 3.22. The molecule has 0 saturated heterocycles. The number of ketones is 1. The molecule has 0 bridgehead atoms. The van der Waals surface area contributed by atoms with Crippen LogP contribution in [0.25, 0.3) is 11.0 Å². The van der Waals surface area contributed by atoms with E-state index in [0.717, 1.165) is 11.9 Å². The first-order chi connectivity index (χ1) is 15.0. The quantitative estimate of drug-likeness (QED) is 0.288. The van der Waals surface area contributed by atoms with Gasteiger partial charge in [0.2, 0.25) is 10.0 Å². The number of nitrogens with one attached hydrogen (secondary N) is 1. The van der Waals surface area contributed by atoms with Gasteiger partial charge in [0, 0.05) is 12.2 Å². The molecule has 0 aliphatic carbocycles. The third kappa shape index (κ3) is 4.45. The summed E-state index contributed by atoms with van der Waals surface area (Å²) >= 11 is 1.28. The lowest BCUT2D eigenvalue weighted by Crippen LogP contribution is -2.16. The van der Waals surface area contributed by atoms with Crippen LogP contribution in [0.2, 0.25) is 0 Å². The summed E-state index contributed by atoms with van der Waals surface area (Å²) in [5.41, 5.74) is 3.10. The molecule has 1 aromatic carbocycles. The van der Waals surface area contributed by atoms with Gasteiger partial charge in [0.25, 0.3) is 0 Å². The van der Waals surface area contributed by atoms with Crippen molar-refractivity contribution in [2.45, 2.75) is 56.0 Å². The second kappa shape index (κ2) is 9.08. The van der Waals surface area contributed by atoms with Crippen LogP contribution in [-0.4, -0.2) is 47.1 Å². The van der Waals surface area contributed by atoms with Crippen molar-refractivity contribution in [2.75, 3.05) is 7.11 Å². The zero-order chi connectivity index (χ0) is 23.8. The number of carbonyl (C=O) groups excluding carboxylic acids is 2. The number of nitrogens with zero attached hydrogens (tertiary/aromatic N) is 2. The number of Topliss-reactive ketones (excluding diaryl/α,β-unsaturated/α-hetero) is 1. The molecule has 0 fully saturated rings. The molecule has 1 unspecified atom stereocenters. The van der Waals surface area contributed by atoms with Gasteiger partial charge in [-0.3, -0.25) is 4.79 Å². The second-order valence-corrected chi connectivity index (χ2v) is 10.4. The predicted molar refractivity (Wildman–Crippen MR) is 123 cm³/mol. The molecule has 0 aliphatic rings. The number of aromatic nitrogens is 3. The Balaban J connectivity index is 1.97. The van der Waals surface area contributed by atoms with Gasteiger partial charge in [-0.25, -0.2) is 23.3 Å². The average molecular weight is 479 g/mol. The molecule has 1 atom stereocenters. The first-order valence-electron chi connectivity index (χ1n) is 10.0. The first kappa shape index (κ1) is 24.0. The normalized spacial score (nSPS) is 12.8. The van der Waals surface area contributed by atoms with E-state index in [9.17, 15) is 18.0 Å². The van der Waals surface area contributed by atoms with Crippen molar-refractivity contribution < 1.29 is 22.7 Å². The van der Waals surface area contributed by atoms with Crippen LogP contribution in [0.15, 0.2) is 28.3 Å². The Kier molecular flexibility index (Phi) is 6.82. The minimum atomic E-state index is -3.85. The number of rotatable bonds is 8. The Morgan fingerprint density at radius 3 is 2.59 bits per heavy atom. The summed E-state index contributed by atoms with van der Waals surface area (Å²) < 4.78 is 30.2. The second-order valence-electron chi connectivity index (χ2n) is 7.48. The van der Waals surface area contributed by atoms with Crippen LogP contribution in [0.5, 0.6) is 0 Å². The van der Waals surface area contributed by atoms with Crippen molar-refractivity contribution in [1.82, 2.24) is 14.5 Å². The smallest absolute Gasteiger partial charge is 0.339 e. The minimum absolute atomic E-state index is 0.0142. The summed E-state index contributed by atoms with van der Waals surface area (Å²) in [5, 5.41) is 5.34. The number of aryl methyl sites for hydroxylation is 2. The van der Waals surface area contributed by atoms with Crippen LogP contribution in [0.4, 0.5) is 0 Å². The van der Waals surface area contributed by atoms with Gasteiger partial charge in [0.05, 0.1) is 39.5 Å². The molecule has 3 aromatic rings. The summed E-state index contributed by atoms with van der Waals surface area (Å²) in [5.74, 6) is -0.669. The minimum Gasteiger partial charge on any atom is -0.465 e. The lowest BCUT2D eigenvalue weighted by Gasteiger charge is -2.12. The van der Waals surface area contributed by atoms with E-state index < -0.39 is 21.2 Å². The summed E-state index contributed by atoms with van der Waals surface area (Å²) in [7, 11) is -2.55. The zero-order valence-electron chi connectivity index (χ0n) is 18.6. The number of esters is 1. The fraction of sp³-hybridized carbons (Fsp3) is 0.381.